The minimum Gasteiger partial charge on any atom is -0.309 e. The number of nitrogens with zero attached hydrogens (tertiary/aromatic N) is 2. The van der Waals surface area contributed by atoms with E-state index in [4.69, 9.17) is 0 Å². The molecule has 18 heavy (non-hydrogen) atoms. The van der Waals surface area contributed by atoms with Gasteiger partial charge in [0.05, 0.1) is 5.39 Å². The van der Waals surface area contributed by atoms with Crippen molar-refractivity contribution in [3.8, 4) is 0 Å². The number of hydrogen-bond acceptors (Lipinski definition) is 4. The highest BCUT2D eigenvalue weighted by atomic mass is 32.1. The number of hydrogen-bond donors (Lipinski definition) is 0. The van der Waals surface area contributed by atoms with Gasteiger partial charge in [-0.3, -0.25) is 14.2 Å². The summed E-state index contributed by atoms with van der Waals surface area (Å²) in [5, 5.41) is 0.631. The van der Waals surface area contributed by atoms with Gasteiger partial charge in [0.2, 0.25) is 0 Å². The largest absolute Gasteiger partial charge is 0.310 e. The molecule has 2 rings (SSSR count). The number of benzene rings is 1. The molecule has 1 aromatic carbocycles. The lowest BCUT2D eigenvalue weighted by atomic mass is 10.3. The molecule has 2 aromatic rings. The van der Waals surface area contributed by atoms with E-state index < -0.39 is 0 Å². The molecule has 5 heteroatoms. The van der Waals surface area contributed by atoms with Gasteiger partial charge >= 0.3 is 4.87 Å². The Morgan fingerprint density at radius 3 is 2.67 bits per heavy atom. The topological polar surface area (TPSA) is 42.3 Å². The van der Waals surface area contributed by atoms with Crippen LogP contribution in [0, 0.1) is 0 Å². The molecule has 0 amide bonds. The molecular formula is C13H16N2O2S. The predicted octanol–water partition coefficient (Wildman–Crippen LogP) is 1.37. The lowest BCUT2D eigenvalue weighted by Crippen LogP contribution is -2.32. The Balaban J connectivity index is 2.39. The summed E-state index contributed by atoms with van der Waals surface area (Å²) < 4.78 is 2.10. The number of rotatable bonds is 4. The van der Waals surface area contributed by atoms with Crippen LogP contribution < -0.4 is 10.4 Å². The molecule has 0 atom stereocenters. The normalized spacial score (nSPS) is 11.3. The van der Waals surface area contributed by atoms with Crippen molar-refractivity contribution in [2.45, 2.75) is 13.0 Å². The van der Waals surface area contributed by atoms with E-state index in [-0.39, 0.29) is 10.4 Å². The molecule has 0 saturated heterocycles. The van der Waals surface area contributed by atoms with Crippen LogP contribution in [0.25, 0.3) is 10.1 Å². The monoisotopic (exact) mass is 264 g/mol. The zero-order valence-corrected chi connectivity index (χ0v) is 11.4. The van der Waals surface area contributed by atoms with Crippen molar-refractivity contribution < 1.29 is 0 Å². The SMILES string of the molecule is CN(C)CCCn1c(=O)sc2ccccc2c1=O. The van der Waals surface area contributed by atoms with E-state index in [9.17, 15) is 9.59 Å². The summed E-state index contributed by atoms with van der Waals surface area (Å²) in [5.74, 6) is 0. The highest BCUT2D eigenvalue weighted by Gasteiger charge is 2.07. The summed E-state index contributed by atoms with van der Waals surface area (Å²) in [5.41, 5.74) is -0.173. The van der Waals surface area contributed by atoms with Crippen molar-refractivity contribution in [2.75, 3.05) is 20.6 Å². The van der Waals surface area contributed by atoms with Crippen LogP contribution in [-0.4, -0.2) is 30.1 Å². The highest BCUT2D eigenvalue weighted by molar-refractivity contribution is 7.16. The van der Waals surface area contributed by atoms with Gasteiger partial charge in [-0.1, -0.05) is 23.5 Å². The summed E-state index contributed by atoms with van der Waals surface area (Å²) in [6.07, 6.45) is 0.799. The molecule has 0 aliphatic rings. The van der Waals surface area contributed by atoms with Crippen molar-refractivity contribution in [2.24, 2.45) is 0 Å². The second kappa shape index (κ2) is 5.46. The van der Waals surface area contributed by atoms with Crippen molar-refractivity contribution in [3.63, 3.8) is 0 Å². The Morgan fingerprint density at radius 2 is 1.94 bits per heavy atom. The molecule has 1 aromatic heterocycles. The molecule has 0 unspecified atom stereocenters. The Bertz CT molecular complexity index is 658. The third kappa shape index (κ3) is 2.68. The highest BCUT2D eigenvalue weighted by Crippen LogP contribution is 2.10. The maximum absolute atomic E-state index is 12.2. The zero-order chi connectivity index (χ0) is 13.1. The maximum atomic E-state index is 12.2. The summed E-state index contributed by atoms with van der Waals surface area (Å²) in [4.78, 5) is 26.0. The van der Waals surface area contributed by atoms with Crippen LogP contribution in [0.1, 0.15) is 6.42 Å². The first-order valence-electron chi connectivity index (χ1n) is 5.87. The Kier molecular flexibility index (Phi) is 3.93. The number of aromatic nitrogens is 1. The smallest absolute Gasteiger partial charge is 0.309 e. The van der Waals surface area contributed by atoms with Crippen LogP contribution in [-0.2, 0) is 6.54 Å². The molecule has 0 aliphatic carbocycles. The van der Waals surface area contributed by atoms with Gasteiger partial charge in [-0.15, -0.1) is 0 Å². The van der Waals surface area contributed by atoms with Crippen LogP contribution in [0.5, 0.6) is 0 Å². The van der Waals surface area contributed by atoms with Gasteiger partial charge < -0.3 is 4.90 Å². The van der Waals surface area contributed by atoms with Gasteiger partial charge in [0.15, 0.2) is 0 Å². The Morgan fingerprint density at radius 1 is 1.22 bits per heavy atom. The molecule has 0 N–H and O–H groups in total. The van der Waals surface area contributed by atoms with Gasteiger partial charge in [0.1, 0.15) is 0 Å². The van der Waals surface area contributed by atoms with E-state index in [0.29, 0.717) is 11.9 Å². The van der Waals surface area contributed by atoms with Gasteiger partial charge in [-0.05, 0) is 39.2 Å². The number of fused-ring (bicyclic) bond motifs is 1. The maximum Gasteiger partial charge on any atom is 0.310 e. The molecular weight excluding hydrogens is 248 g/mol. The van der Waals surface area contributed by atoms with Gasteiger partial charge in [0.25, 0.3) is 5.56 Å². The lowest BCUT2D eigenvalue weighted by molar-refractivity contribution is 0.384. The molecule has 0 radical (unpaired) electrons. The first kappa shape index (κ1) is 13.0. The second-order valence-electron chi connectivity index (χ2n) is 4.48. The van der Waals surface area contributed by atoms with Crippen LogP contribution in [0.2, 0.25) is 0 Å². The molecule has 0 bridgehead atoms. The van der Waals surface area contributed by atoms with Crippen molar-refractivity contribution in [1.29, 1.82) is 0 Å². The average molecular weight is 264 g/mol. The fourth-order valence-corrected chi connectivity index (χ4v) is 2.73. The van der Waals surface area contributed by atoms with Crippen LogP contribution >= 0.6 is 11.3 Å². The molecule has 0 aliphatic heterocycles. The van der Waals surface area contributed by atoms with E-state index in [2.05, 4.69) is 0 Å². The van der Waals surface area contributed by atoms with Crippen LogP contribution in [0.4, 0.5) is 0 Å². The first-order valence-corrected chi connectivity index (χ1v) is 6.68. The fourth-order valence-electron chi connectivity index (χ4n) is 1.85. The van der Waals surface area contributed by atoms with Crippen molar-refractivity contribution in [1.82, 2.24) is 9.47 Å². The Labute approximate surface area is 109 Å². The van der Waals surface area contributed by atoms with Crippen molar-refractivity contribution >= 4 is 21.4 Å². The van der Waals surface area contributed by atoms with E-state index >= 15 is 0 Å². The zero-order valence-electron chi connectivity index (χ0n) is 10.5. The lowest BCUT2D eigenvalue weighted by Gasteiger charge is -2.10. The minimum atomic E-state index is -0.173. The molecule has 0 saturated carbocycles. The second-order valence-corrected chi connectivity index (χ2v) is 5.47. The standard InChI is InChI=1S/C13H16N2O2S/c1-14(2)8-5-9-15-12(16)10-6-3-4-7-11(10)18-13(15)17/h3-4,6-7H,5,8-9H2,1-2H3. The first-order chi connectivity index (χ1) is 8.59. The minimum absolute atomic E-state index is 0.169. The summed E-state index contributed by atoms with van der Waals surface area (Å²) in [6, 6.07) is 7.25. The van der Waals surface area contributed by atoms with E-state index in [1.807, 2.05) is 37.2 Å². The molecule has 1 heterocycles. The molecule has 0 fully saturated rings. The van der Waals surface area contributed by atoms with Gasteiger partial charge in [-0.25, -0.2) is 0 Å². The molecule has 96 valence electrons. The third-order valence-corrected chi connectivity index (χ3v) is 3.74. The fraction of sp³-hybridized carbons (Fsp3) is 0.385. The molecule has 4 nitrogen and oxygen atoms in total. The van der Waals surface area contributed by atoms with E-state index in [0.717, 1.165) is 29.0 Å². The van der Waals surface area contributed by atoms with Crippen LogP contribution in [0.15, 0.2) is 33.9 Å². The Hall–Kier alpha value is -1.46. The van der Waals surface area contributed by atoms with E-state index in [1.165, 1.54) is 4.57 Å². The van der Waals surface area contributed by atoms with Gasteiger partial charge in [-0.2, -0.15) is 0 Å². The summed E-state index contributed by atoms with van der Waals surface area (Å²) >= 11 is 1.14. The quantitative estimate of drug-likeness (QED) is 0.837. The van der Waals surface area contributed by atoms with Gasteiger partial charge in [0, 0.05) is 11.2 Å². The molecule has 0 spiro atoms. The van der Waals surface area contributed by atoms with Crippen LogP contribution in [0.3, 0.4) is 0 Å². The average Bonchev–Trinajstić information content (AvgIpc) is 2.33. The summed E-state index contributed by atoms with van der Waals surface area (Å²) in [7, 11) is 3.95. The van der Waals surface area contributed by atoms with Crippen molar-refractivity contribution in [3.05, 3.63) is 44.3 Å². The van der Waals surface area contributed by atoms with E-state index in [1.54, 1.807) is 6.07 Å². The summed E-state index contributed by atoms with van der Waals surface area (Å²) in [6.45, 7) is 1.35. The third-order valence-electron chi connectivity index (χ3n) is 2.77. The predicted molar refractivity (Wildman–Crippen MR) is 75.5 cm³/mol.